The number of halogens is 2. The molecule has 0 aromatic heterocycles. The van der Waals surface area contributed by atoms with Gasteiger partial charge in [-0.2, -0.15) is 0 Å². The largest absolute Gasteiger partial charge is 0.128 e. The maximum absolute atomic E-state index is 6.01. The van der Waals surface area contributed by atoms with Gasteiger partial charge >= 0.3 is 0 Å². The van der Waals surface area contributed by atoms with E-state index in [0.717, 1.165) is 4.90 Å². The summed E-state index contributed by atoms with van der Waals surface area (Å²) in [5, 5.41) is 1.29. The SMILES string of the molecule is CSc1ccc(Cl)c(Cl)c1SC. The fraction of sp³-hybridized carbons (Fsp3) is 0.250. The number of hydrogen-bond donors (Lipinski definition) is 0. The molecule has 0 saturated heterocycles. The van der Waals surface area contributed by atoms with E-state index in [0.29, 0.717) is 10.0 Å². The standard InChI is InChI=1S/C8H8Cl2S2/c1-11-6-4-3-5(9)7(10)8(6)12-2/h3-4H,1-2H3. The first-order valence-corrected chi connectivity index (χ1v) is 6.47. The molecular formula is C8H8Cl2S2. The Kier molecular flexibility index (Phi) is 4.11. The molecule has 66 valence electrons. The third-order valence-electron chi connectivity index (χ3n) is 1.44. The molecule has 0 nitrogen and oxygen atoms in total. The summed E-state index contributed by atoms with van der Waals surface area (Å²) in [4.78, 5) is 2.24. The zero-order chi connectivity index (χ0) is 9.14. The van der Waals surface area contributed by atoms with E-state index in [4.69, 9.17) is 23.2 Å². The maximum Gasteiger partial charge on any atom is 0.0739 e. The van der Waals surface area contributed by atoms with Crippen molar-refractivity contribution in [3.63, 3.8) is 0 Å². The molecule has 12 heavy (non-hydrogen) atoms. The summed E-state index contributed by atoms with van der Waals surface area (Å²) >= 11 is 15.2. The Balaban J connectivity index is 3.25. The minimum Gasteiger partial charge on any atom is -0.128 e. The van der Waals surface area contributed by atoms with Gasteiger partial charge in [0.15, 0.2) is 0 Å². The molecule has 1 rings (SSSR count). The van der Waals surface area contributed by atoms with Crippen molar-refractivity contribution in [1.29, 1.82) is 0 Å². The predicted octanol–water partition coefficient (Wildman–Crippen LogP) is 4.44. The van der Waals surface area contributed by atoms with Gasteiger partial charge in [0.1, 0.15) is 0 Å². The summed E-state index contributed by atoms with van der Waals surface area (Å²) < 4.78 is 0. The molecular weight excluding hydrogens is 231 g/mol. The van der Waals surface area contributed by atoms with Gasteiger partial charge in [0.25, 0.3) is 0 Å². The molecule has 0 unspecified atom stereocenters. The molecule has 1 aromatic carbocycles. The van der Waals surface area contributed by atoms with E-state index in [1.54, 1.807) is 23.5 Å². The van der Waals surface area contributed by atoms with Gasteiger partial charge in [-0.25, -0.2) is 0 Å². The Hall–Kier alpha value is 0.500. The van der Waals surface area contributed by atoms with Gasteiger partial charge < -0.3 is 0 Å². The summed E-state index contributed by atoms with van der Waals surface area (Å²) in [7, 11) is 0. The van der Waals surface area contributed by atoms with Crippen molar-refractivity contribution < 1.29 is 0 Å². The molecule has 0 saturated carbocycles. The highest BCUT2D eigenvalue weighted by atomic mass is 35.5. The first-order chi connectivity index (χ1) is 5.70. The van der Waals surface area contributed by atoms with Crippen LogP contribution in [0, 0.1) is 0 Å². The van der Waals surface area contributed by atoms with Crippen molar-refractivity contribution in [3.05, 3.63) is 22.2 Å². The Morgan fingerprint density at radius 2 is 1.75 bits per heavy atom. The van der Waals surface area contributed by atoms with Crippen LogP contribution < -0.4 is 0 Å². The fourth-order valence-corrected chi connectivity index (χ4v) is 3.08. The molecule has 0 amide bonds. The molecule has 0 radical (unpaired) electrons. The highest BCUT2D eigenvalue weighted by Crippen LogP contribution is 2.38. The van der Waals surface area contributed by atoms with Crippen LogP contribution in [0.5, 0.6) is 0 Å². The highest BCUT2D eigenvalue weighted by Gasteiger charge is 2.08. The van der Waals surface area contributed by atoms with Crippen LogP contribution in [0.3, 0.4) is 0 Å². The van der Waals surface area contributed by atoms with Crippen molar-refractivity contribution in [2.45, 2.75) is 9.79 Å². The van der Waals surface area contributed by atoms with E-state index in [-0.39, 0.29) is 0 Å². The van der Waals surface area contributed by atoms with E-state index in [2.05, 4.69) is 0 Å². The lowest BCUT2D eigenvalue weighted by Crippen LogP contribution is -1.79. The van der Waals surface area contributed by atoms with Gasteiger partial charge in [-0.05, 0) is 24.6 Å². The maximum atomic E-state index is 6.01. The van der Waals surface area contributed by atoms with Gasteiger partial charge in [-0.15, -0.1) is 23.5 Å². The Bertz CT molecular complexity index is 287. The first kappa shape index (κ1) is 10.6. The van der Waals surface area contributed by atoms with Crippen LogP contribution in [0.25, 0.3) is 0 Å². The molecule has 0 heterocycles. The van der Waals surface area contributed by atoms with E-state index in [9.17, 15) is 0 Å². The van der Waals surface area contributed by atoms with Crippen LogP contribution in [0.2, 0.25) is 10.0 Å². The molecule has 0 spiro atoms. The molecule has 0 aliphatic rings. The van der Waals surface area contributed by atoms with E-state index in [1.807, 2.05) is 24.6 Å². The second-order valence-electron chi connectivity index (χ2n) is 2.10. The molecule has 1 aromatic rings. The van der Waals surface area contributed by atoms with Gasteiger partial charge in [-0.3, -0.25) is 0 Å². The lowest BCUT2D eigenvalue weighted by molar-refractivity contribution is 1.26. The minimum absolute atomic E-state index is 0.624. The molecule has 0 N–H and O–H groups in total. The van der Waals surface area contributed by atoms with E-state index in [1.165, 1.54) is 4.90 Å². The summed E-state index contributed by atoms with van der Waals surface area (Å²) in [5.74, 6) is 0. The van der Waals surface area contributed by atoms with Gasteiger partial charge in [0.05, 0.1) is 10.0 Å². The second-order valence-corrected chi connectivity index (χ2v) is 4.55. The third kappa shape index (κ3) is 2.05. The van der Waals surface area contributed by atoms with Crippen LogP contribution >= 0.6 is 46.7 Å². The number of rotatable bonds is 2. The van der Waals surface area contributed by atoms with Crippen molar-refractivity contribution >= 4 is 46.7 Å². The lowest BCUT2D eigenvalue weighted by Gasteiger charge is -2.07. The predicted molar refractivity (Wildman–Crippen MR) is 60.0 cm³/mol. The van der Waals surface area contributed by atoms with Crippen molar-refractivity contribution in [2.24, 2.45) is 0 Å². The van der Waals surface area contributed by atoms with Crippen molar-refractivity contribution in [2.75, 3.05) is 12.5 Å². The van der Waals surface area contributed by atoms with Crippen molar-refractivity contribution in [1.82, 2.24) is 0 Å². The van der Waals surface area contributed by atoms with E-state index >= 15 is 0 Å². The van der Waals surface area contributed by atoms with Crippen LogP contribution in [-0.2, 0) is 0 Å². The van der Waals surface area contributed by atoms with Crippen LogP contribution in [0.15, 0.2) is 21.9 Å². The molecule has 0 fully saturated rings. The average Bonchev–Trinajstić information content (AvgIpc) is 2.09. The van der Waals surface area contributed by atoms with Gasteiger partial charge in [-0.1, -0.05) is 23.2 Å². The topological polar surface area (TPSA) is 0 Å². The zero-order valence-corrected chi connectivity index (χ0v) is 9.87. The summed E-state index contributed by atoms with van der Waals surface area (Å²) in [5.41, 5.74) is 0. The number of benzene rings is 1. The summed E-state index contributed by atoms with van der Waals surface area (Å²) in [6.45, 7) is 0. The van der Waals surface area contributed by atoms with E-state index < -0.39 is 0 Å². The van der Waals surface area contributed by atoms with Crippen LogP contribution in [0.1, 0.15) is 0 Å². The van der Waals surface area contributed by atoms with Gasteiger partial charge in [0, 0.05) is 9.79 Å². The summed E-state index contributed by atoms with van der Waals surface area (Å²) in [6.07, 6.45) is 4.02. The Morgan fingerprint density at radius 3 is 2.25 bits per heavy atom. The quantitative estimate of drug-likeness (QED) is 0.700. The number of hydrogen-bond acceptors (Lipinski definition) is 2. The van der Waals surface area contributed by atoms with Crippen LogP contribution in [-0.4, -0.2) is 12.5 Å². The monoisotopic (exact) mass is 238 g/mol. The molecule has 0 aliphatic carbocycles. The lowest BCUT2D eigenvalue weighted by atomic mass is 10.3. The molecule has 0 aliphatic heterocycles. The Labute approximate surface area is 91.0 Å². The van der Waals surface area contributed by atoms with Crippen LogP contribution in [0.4, 0.5) is 0 Å². The minimum atomic E-state index is 0.624. The first-order valence-electron chi connectivity index (χ1n) is 3.26. The molecule has 0 bridgehead atoms. The Morgan fingerprint density at radius 1 is 1.08 bits per heavy atom. The second kappa shape index (κ2) is 4.66. The van der Waals surface area contributed by atoms with Crippen molar-refractivity contribution in [3.8, 4) is 0 Å². The summed E-state index contributed by atoms with van der Waals surface area (Å²) in [6, 6.07) is 3.82. The number of thioether (sulfide) groups is 2. The smallest absolute Gasteiger partial charge is 0.0739 e. The molecule has 0 atom stereocenters. The normalized spacial score (nSPS) is 10.3. The zero-order valence-electron chi connectivity index (χ0n) is 6.73. The molecule has 4 heteroatoms. The van der Waals surface area contributed by atoms with Gasteiger partial charge in [0.2, 0.25) is 0 Å². The fourth-order valence-electron chi connectivity index (χ4n) is 0.865. The highest BCUT2D eigenvalue weighted by molar-refractivity contribution is 8.01. The third-order valence-corrected chi connectivity index (χ3v) is 4.10. The average molecular weight is 239 g/mol.